The minimum absolute atomic E-state index is 0.0243. The van der Waals surface area contributed by atoms with E-state index in [1.54, 1.807) is 0 Å². The van der Waals surface area contributed by atoms with Crippen LogP contribution in [0.25, 0.3) is 0 Å². The van der Waals surface area contributed by atoms with E-state index < -0.39 is 0 Å². The van der Waals surface area contributed by atoms with Gasteiger partial charge in [0.2, 0.25) is 0 Å². The molecule has 1 aromatic carbocycles. The Morgan fingerprint density at radius 2 is 1.80 bits per heavy atom. The van der Waals surface area contributed by atoms with Crippen molar-refractivity contribution in [3.63, 3.8) is 0 Å². The Balaban J connectivity index is 2.49. The fraction of sp³-hybridized carbons (Fsp3) is 0.538. The van der Waals surface area contributed by atoms with Crippen molar-refractivity contribution in [2.24, 2.45) is 5.41 Å². The third-order valence-corrected chi connectivity index (χ3v) is 2.43. The second-order valence-electron chi connectivity index (χ2n) is 4.83. The molecule has 0 bridgehead atoms. The lowest BCUT2D eigenvalue weighted by atomic mass is 9.89. The summed E-state index contributed by atoms with van der Waals surface area (Å²) in [5.74, 6) is 0. The van der Waals surface area contributed by atoms with E-state index in [4.69, 9.17) is 4.74 Å². The van der Waals surface area contributed by atoms with Crippen molar-refractivity contribution in [3.8, 4) is 0 Å². The molecule has 84 valence electrons. The topological polar surface area (TPSA) is 29.5 Å². The van der Waals surface area contributed by atoms with Gasteiger partial charge in [-0.3, -0.25) is 0 Å². The zero-order chi connectivity index (χ0) is 11.3. The van der Waals surface area contributed by atoms with E-state index in [9.17, 15) is 5.11 Å². The summed E-state index contributed by atoms with van der Waals surface area (Å²) in [4.78, 5) is 0. The summed E-state index contributed by atoms with van der Waals surface area (Å²) < 4.78 is 5.69. The molecule has 0 aromatic heterocycles. The lowest BCUT2D eigenvalue weighted by molar-refractivity contribution is -0.0581. The van der Waals surface area contributed by atoms with Crippen LogP contribution >= 0.6 is 0 Å². The highest BCUT2D eigenvalue weighted by Crippen LogP contribution is 2.22. The Bertz CT molecular complexity index is 274. The van der Waals surface area contributed by atoms with Crippen molar-refractivity contribution in [3.05, 3.63) is 35.9 Å². The molecule has 0 saturated carbocycles. The maximum atomic E-state index is 9.21. The van der Waals surface area contributed by atoms with Gasteiger partial charge in [0.1, 0.15) is 0 Å². The highest BCUT2D eigenvalue weighted by molar-refractivity contribution is 5.13. The average Bonchev–Trinajstić information content (AvgIpc) is 2.18. The summed E-state index contributed by atoms with van der Waals surface area (Å²) in [6, 6.07) is 10.0. The molecule has 1 aromatic rings. The van der Waals surface area contributed by atoms with Gasteiger partial charge in [-0.15, -0.1) is 0 Å². The van der Waals surface area contributed by atoms with Gasteiger partial charge >= 0.3 is 0 Å². The molecule has 15 heavy (non-hydrogen) atoms. The quantitative estimate of drug-likeness (QED) is 0.824. The van der Waals surface area contributed by atoms with Gasteiger partial charge < -0.3 is 9.84 Å². The number of hydrogen-bond acceptors (Lipinski definition) is 2. The molecule has 1 rings (SSSR count). The van der Waals surface area contributed by atoms with Crippen molar-refractivity contribution >= 4 is 0 Å². The molecule has 1 atom stereocenters. The first-order chi connectivity index (χ1) is 7.04. The van der Waals surface area contributed by atoms with Crippen molar-refractivity contribution in [2.75, 3.05) is 6.61 Å². The van der Waals surface area contributed by atoms with Crippen LogP contribution < -0.4 is 0 Å². The molecule has 0 aliphatic heterocycles. The SMILES string of the molecule is CC(C)(C)C(CO)OCc1ccccc1. The van der Waals surface area contributed by atoms with E-state index in [0.29, 0.717) is 6.61 Å². The van der Waals surface area contributed by atoms with E-state index >= 15 is 0 Å². The maximum Gasteiger partial charge on any atom is 0.0858 e. The Hall–Kier alpha value is -0.860. The lowest BCUT2D eigenvalue weighted by Gasteiger charge is -2.29. The Morgan fingerprint density at radius 3 is 2.27 bits per heavy atom. The summed E-state index contributed by atoms with van der Waals surface area (Å²) in [6.45, 7) is 6.83. The predicted molar refractivity (Wildman–Crippen MR) is 61.6 cm³/mol. The molecule has 0 spiro atoms. The Labute approximate surface area is 91.9 Å². The van der Waals surface area contributed by atoms with Gasteiger partial charge in [-0.1, -0.05) is 51.1 Å². The number of benzene rings is 1. The molecule has 0 saturated heterocycles. The zero-order valence-electron chi connectivity index (χ0n) is 9.73. The number of hydrogen-bond donors (Lipinski definition) is 1. The third kappa shape index (κ3) is 4.02. The summed E-state index contributed by atoms with van der Waals surface area (Å²) in [6.07, 6.45) is -0.113. The van der Waals surface area contributed by atoms with Gasteiger partial charge in [0.25, 0.3) is 0 Å². The number of aliphatic hydroxyl groups excluding tert-OH is 1. The van der Waals surface area contributed by atoms with Crippen LogP contribution in [0.2, 0.25) is 0 Å². The van der Waals surface area contributed by atoms with Crippen molar-refractivity contribution < 1.29 is 9.84 Å². The number of aliphatic hydroxyl groups is 1. The molecule has 1 N–H and O–H groups in total. The molecule has 0 radical (unpaired) electrons. The van der Waals surface area contributed by atoms with Crippen LogP contribution in [-0.2, 0) is 11.3 Å². The van der Waals surface area contributed by atoms with Crippen molar-refractivity contribution in [1.29, 1.82) is 0 Å². The predicted octanol–water partition coefficient (Wildman–Crippen LogP) is 2.61. The highest BCUT2D eigenvalue weighted by Gasteiger charge is 2.24. The molecule has 0 amide bonds. The molecule has 0 fully saturated rings. The van der Waals surface area contributed by atoms with Gasteiger partial charge in [0.05, 0.1) is 19.3 Å². The maximum absolute atomic E-state index is 9.21. The summed E-state index contributed by atoms with van der Waals surface area (Å²) in [7, 11) is 0. The number of rotatable bonds is 4. The normalized spacial score (nSPS) is 13.9. The fourth-order valence-electron chi connectivity index (χ4n) is 1.35. The standard InChI is InChI=1S/C13H20O2/c1-13(2,3)12(9-14)15-10-11-7-5-4-6-8-11/h4-8,12,14H,9-10H2,1-3H3. The van der Waals surface area contributed by atoms with Gasteiger partial charge in [-0.25, -0.2) is 0 Å². The minimum atomic E-state index is -0.113. The molecule has 1 unspecified atom stereocenters. The molecule has 2 nitrogen and oxygen atoms in total. The first kappa shape index (κ1) is 12.2. The van der Waals surface area contributed by atoms with Crippen LogP contribution in [-0.4, -0.2) is 17.8 Å². The van der Waals surface area contributed by atoms with Crippen LogP contribution in [0.5, 0.6) is 0 Å². The minimum Gasteiger partial charge on any atom is -0.394 e. The third-order valence-electron chi connectivity index (χ3n) is 2.43. The summed E-state index contributed by atoms with van der Waals surface area (Å²) >= 11 is 0. The molecule has 0 heterocycles. The van der Waals surface area contributed by atoms with Gasteiger partial charge in [0, 0.05) is 0 Å². The van der Waals surface area contributed by atoms with Crippen LogP contribution in [0, 0.1) is 5.41 Å². The second kappa shape index (κ2) is 5.29. The van der Waals surface area contributed by atoms with E-state index in [1.807, 2.05) is 30.3 Å². The van der Waals surface area contributed by atoms with Crippen LogP contribution in [0.3, 0.4) is 0 Å². The summed E-state index contributed by atoms with van der Waals surface area (Å²) in [5, 5.41) is 9.21. The first-order valence-electron chi connectivity index (χ1n) is 5.30. The first-order valence-corrected chi connectivity index (χ1v) is 5.30. The fourth-order valence-corrected chi connectivity index (χ4v) is 1.35. The zero-order valence-corrected chi connectivity index (χ0v) is 9.73. The van der Waals surface area contributed by atoms with E-state index in [0.717, 1.165) is 5.56 Å². The molecule has 2 heteroatoms. The van der Waals surface area contributed by atoms with Crippen molar-refractivity contribution in [1.82, 2.24) is 0 Å². The monoisotopic (exact) mass is 208 g/mol. The van der Waals surface area contributed by atoms with Crippen LogP contribution in [0.1, 0.15) is 26.3 Å². The van der Waals surface area contributed by atoms with Crippen LogP contribution in [0.15, 0.2) is 30.3 Å². The Morgan fingerprint density at radius 1 is 1.20 bits per heavy atom. The van der Waals surface area contributed by atoms with E-state index in [2.05, 4.69) is 20.8 Å². The summed E-state index contributed by atoms with van der Waals surface area (Å²) in [5.41, 5.74) is 1.11. The molecular weight excluding hydrogens is 188 g/mol. The van der Waals surface area contributed by atoms with Gasteiger partial charge in [0.15, 0.2) is 0 Å². The molecular formula is C13H20O2. The van der Waals surface area contributed by atoms with Crippen LogP contribution in [0.4, 0.5) is 0 Å². The van der Waals surface area contributed by atoms with E-state index in [-0.39, 0.29) is 18.1 Å². The highest BCUT2D eigenvalue weighted by atomic mass is 16.5. The smallest absolute Gasteiger partial charge is 0.0858 e. The van der Waals surface area contributed by atoms with Gasteiger partial charge in [-0.05, 0) is 11.0 Å². The van der Waals surface area contributed by atoms with Crippen molar-refractivity contribution in [2.45, 2.75) is 33.5 Å². The number of ether oxygens (including phenoxy) is 1. The molecule has 0 aliphatic carbocycles. The second-order valence-corrected chi connectivity index (χ2v) is 4.83. The van der Waals surface area contributed by atoms with E-state index in [1.165, 1.54) is 0 Å². The largest absolute Gasteiger partial charge is 0.394 e. The lowest BCUT2D eigenvalue weighted by Crippen LogP contribution is -2.32. The molecule has 0 aliphatic rings. The van der Waals surface area contributed by atoms with Gasteiger partial charge in [-0.2, -0.15) is 0 Å². The Kier molecular flexibility index (Phi) is 4.30. The average molecular weight is 208 g/mol.